The maximum absolute atomic E-state index is 5.51. The van der Waals surface area contributed by atoms with Gasteiger partial charge in [-0.05, 0) is 25.7 Å². The number of hydrogen-bond acceptors (Lipinski definition) is 3. The monoisotopic (exact) mass is 168 g/mol. The number of fused-ring (bicyclic) bond motifs is 1. The van der Waals surface area contributed by atoms with Crippen LogP contribution in [0.4, 0.5) is 0 Å². The van der Waals surface area contributed by atoms with Crippen molar-refractivity contribution in [2.75, 3.05) is 0 Å². The van der Waals surface area contributed by atoms with Crippen LogP contribution in [0, 0.1) is 0 Å². The van der Waals surface area contributed by atoms with Crippen molar-refractivity contribution in [3.8, 4) is 0 Å². The first-order valence-electron chi connectivity index (χ1n) is 4.07. The van der Waals surface area contributed by atoms with Crippen LogP contribution in [-0.4, -0.2) is 4.98 Å². The first kappa shape index (κ1) is 7.25. The first-order chi connectivity index (χ1) is 5.40. The molecule has 0 aromatic carbocycles. The van der Waals surface area contributed by atoms with Crippen LogP contribution in [0.5, 0.6) is 0 Å². The molecule has 0 amide bonds. The Hall–Kier alpha value is -0.410. The molecule has 0 spiro atoms. The summed E-state index contributed by atoms with van der Waals surface area (Å²) in [7, 11) is 0. The van der Waals surface area contributed by atoms with E-state index in [2.05, 4.69) is 4.98 Å². The van der Waals surface area contributed by atoms with Crippen LogP contribution in [0.3, 0.4) is 0 Å². The minimum Gasteiger partial charge on any atom is -0.325 e. The Labute approximate surface area is 70.5 Å². The molecule has 1 aromatic rings. The van der Waals surface area contributed by atoms with Gasteiger partial charge in [0, 0.05) is 11.4 Å². The molecule has 0 radical (unpaired) electrons. The third-order valence-electron chi connectivity index (χ3n) is 2.06. The summed E-state index contributed by atoms with van der Waals surface area (Å²) in [5, 5.41) is 1.11. The molecule has 0 bridgehead atoms. The summed E-state index contributed by atoms with van der Waals surface area (Å²) in [6.07, 6.45) is 5.04. The quantitative estimate of drug-likeness (QED) is 0.690. The van der Waals surface area contributed by atoms with Gasteiger partial charge in [-0.25, -0.2) is 4.98 Å². The minimum atomic E-state index is 0.609. The molecule has 2 nitrogen and oxygen atoms in total. The fourth-order valence-corrected chi connectivity index (χ4v) is 2.53. The smallest absolute Gasteiger partial charge is 0.107 e. The van der Waals surface area contributed by atoms with Gasteiger partial charge in [0.2, 0.25) is 0 Å². The Morgan fingerprint density at radius 1 is 1.36 bits per heavy atom. The molecule has 11 heavy (non-hydrogen) atoms. The predicted octanol–water partition coefficient (Wildman–Crippen LogP) is 1.48. The van der Waals surface area contributed by atoms with Crippen LogP contribution in [0.25, 0.3) is 0 Å². The fraction of sp³-hybridized carbons (Fsp3) is 0.625. The summed E-state index contributed by atoms with van der Waals surface area (Å²) in [5.41, 5.74) is 6.83. The van der Waals surface area contributed by atoms with Crippen molar-refractivity contribution in [3.05, 3.63) is 15.6 Å². The van der Waals surface area contributed by atoms with E-state index in [9.17, 15) is 0 Å². The third kappa shape index (κ3) is 1.30. The highest BCUT2D eigenvalue weighted by Gasteiger charge is 2.13. The molecular weight excluding hydrogens is 156 g/mol. The number of nitrogens with zero attached hydrogens (tertiary/aromatic N) is 1. The molecule has 0 fully saturated rings. The molecule has 0 aliphatic heterocycles. The lowest BCUT2D eigenvalue weighted by Crippen LogP contribution is -1.99. The molecule has 0 unspecified atom stereocenters. The number of thiazole rings is 1. The first-order valence-corrected chi connectivity index (χ1v) is 4.89. The second-order valence-electron chi connectivity index (χ2n) is 2.89. The molecule has 0 atom stereocenters. The number of aryl methyl sites for hydroxylation is 2. The lowest BCUT2D eigenvalue weighted by atomic mass is 10.0. The highest BCUT2D eigenvalue weighted by molar-refractivity contribution is 7.11. The number of rotatable bonds is 1. The van der Waals surface area contributed by atoms with Crippen LogP contribution in [-0.2, 0) is 19.4 Å². The SMILES string of the molecule is NCc1nc2c(s1)CCCC2. The van der Waals surface area contributed by atoms with Crippen molar-refractivity contribution in [3.63, 3.8) is 0 Å². The van der Waals surface area contributed by atoms with E-state index < -0.39 is 0 Å². The topological polar surface area (TPSA) is 38.9 Å². The zero-order valence-electron chi connectivity index (χ0n) is 6.47. The third-order valence-corrected chi connectivity index (χ3v) is 3.24. The van der Waals surface area contributed by atoms with Crippen LogP contribution < -0.4 is 5.73 Å². The summed E-state index contributed by atoms with van der Waals surface area (Å²) < 4.78 is 0. The van der Waals surface area contributed by atoms with E-state index in [4.69, 9.17) is 5.73 Å². The van der Waals surface area contributed by atoms with E-state index in [0.29, 0.717) is 6.54 Å². The zero-order chi connectivity index (χ0) is 7.68. The van der Waals surface area contributed by atoms with Gasteiger partial charge in [0.05, 0.1) is 5.69 Å². The lowest BCUT2D eigenvalue weighted by molar-refractivity contribution is 0.680. The van der Waals surface area contributed by atoms with Crippen LogP contribution in [0.15, 0.2) is 0 Å². The van der Waals surface area contributed by atoms with E-state index in [1.165, 1.54) is 36.3 Å². The highest BCUT2D eigenvalue weighted by Crippen LogP contribution is 2.26. The average molecular weight is 168 g/mol. The average Bonchev–Trinajstić information content (AvgIpc) is 2.46. The molecule has 1 aromatic heterocycles. The largest absolute Gasteiger partial charge is 0.325 e. The second-order valence-corrected chi connectivity index (χ2v) is 4.06. The maximum atomic E-state index is 5.51. The fourth-order valence-electron chi connectivity index (χ4n) is 1.49. The Balaban J connectivity index is 2.32. The summed E-state index contributed by atoms with van der Waals surface area (Å²) in [4.78, 5) is 5.95. The minimum absolute atomic E-state index is 0.609. The van der Waals surface area contributed by atoms with E-state index in [0.717, 1.165) is 5.01 Å². The standard InChI is InChI=1S/C8H12N2S/c9-5-8-10-6-3-1-2-4-7(6)11-8/h1-5,9H2. The van der Waals surface area contributed by atoms with Gasteiger partial charge in [-0.15, -0.1) is 11.3 Å². The Bertz CT molecular complexity index is 231. The molecule has 0 saturated heterocycles. The van der Waals surface area contributed by atoms with E-state index in [-0.39, 0.29) is 0 Å². The molecule has 1 aliphatic carbocycles. The van der Waals surface area contributed by atoms with Gasteiger partial charge >= 0.3 is 0 Å². The molecule has 3 heteroatoms. The van der Waals surface area contributed by atoms with Gasteiger partial charge in [-0.1, -0.05) is 0 Å². The van der Waals surface area contributed by atoms with E-state index in [1.54, 1.807) is 11.3 Å². The summed E-state index contributed by atoms with van der Waals surface area (Å²) >= 11 is 1.80. The molecule has 2 N–H and O–H groups in total. The molecular formula is C8H12N2S. The molecule has 1 aliphatic rings. The van der Waals surface area contributed by atoms with Crippen molar-refractivity contribution in [1.82, 2.24) is 4.98 Å². The number of nitrogens with two attached hydrogens (primary N) is 1. The van der Waals surface area contributed by atoms with Crippen molar-refractivity contribution < 1.29 is 0 Å². The van der Waals surface area contributed by atoms with Gasteiger partial charge < -0.3 is 5.73 Å². The predicted molar refractivity (Wildman–Crippen MR) is 46.6 cm³/mol. The summed E-state index contributed by atoms with van der Waals surface area (Å²) in [5.74, 6) is 0. The van der Waals surface area contributed by atoms with Gasteiger partial charge in [-0.3, -0.25) is 0 Å². The Morgan fingerprint density at radius 3 is 2.91 bits per heavy atom. The van der Waals surface area contributed by atoms with Crippen LogP contribution in [0.1, 0.15) is 28.4 Å². The van der Waals surface area contributed by atoms with Gasteiger partial charge in [0.15, 0.2) is 0 Å². The normalized spacial score (nSPS) is 16.5. The zero-order valence-corrected chi connectivity index (χ0v) is 7.28. The maximum Gasteiger partial charge on any atom is 0.107 e. The van der Waals surface area contributed by atoms with Crippen molar-refractivity contribution in [2.24, 2.45) is 5.73 Å². The molecule has 60 valence electrons. The summed E-state index contributed by atoms with van der Waals surface area (Å²) in [6, 6.07) is 0. The molecule has 2 rings (SSSR count). The summed E-state index contributed by atoms with van der Waals surface area (Å²) in [6.45, 7) is 0.609. The van der Waals surface area contributed by atoms with E-state index >= 15 is 0 Å². The van der Waals surface area contributed by atoms with Crippen molar-refractivity contribution in [1.29, 1.82) is 0 Å². The number of hydrogen-bond donors (Lipinski definition) is 1. The highest BCUT2D eigenvalue weighted by atomic mass is 32.1. The molecule has 1 heterocycles. The van der Waals surface area contributed by atoms with Gasteiger partial charge in [0.1, 0.15) is 5.01 Å². The number of aromatic nitrogens is 1. The second kappa shape index (κ2) is 2.91. The van der Waals surface area contributed by atoms with Crippen LogP contribution in [0.2, 0.25) is 0 Å². The Morgan fingerprint density at radius 2 is 2.18 bits per heavy atom. The van der Waals surface area contributed by atoms with Gasteiger partial charge in [-0.2, -0.15) is 0 Å². The van der Waals surface area contributed by atoms with Crippen molar-refractivity contribution in [2.45, 2.75) is 32.2 Å². The lowest BCUT2D eigenvalue weighted by Gasteiger charge is -2.06. The van der Waals surface area contributed by atoms with Gasteiger partial charge in [0.25, 0.3) is 0 Å². The van der Waals surface area contributed by atoms with Crippen molar-refractivity contribution >= 4 is 11.3 Å². The van der Waals surface area contributed by atoms with Crippen LogP contribution >= 0.6 is 11.3 Å². The van der Waals surface area contributed by atoms with E-state index in [1.807, 2.05) is 0 Å². The Kier molecular flexibility index (Phi) is 1.92. The molecule has 0 saturated carbocycles.